The standard InChI is InChI=1S/C16H30N2O2/c1-4-5-6-7-8-9-11-18-12-10-14(19)17-15(13(2)3)16(18)20/h13,15H,4-12H2,1-3H3,(H,17,19). The molecule has 0 aromatic heterocycles. The summed E-state index contributed by atoms with van der Waals surface area (Å²) < 4.78 is 0. The van der Waals surface area contributed by atoms with Gasteiger partial charge in [-0.15, -0.1) is 0 Å². The molecule has 0 aromatic rings. The van der Waals surface area contributed by atoms with Gasteiger partial charge in [-0.25, -0.2) is 0 Å². The minimum Gasteiger partial charge on any atom is -0.344 e. The first-order valence-corrected chi connectivity index (χ1v) is 8.14. The van der Waals surface area contributed by atoms with Crippen molar-refractivity contribution in [1.82, 2.24) is 10.2 Å². The van der Waals surface area contributed by atoms with Crippen LogP contribution in [0.3, 0.4) is 0 Å². The second kappa shape index (κ2) is 8.98. The van der Waals surface area contributed by atoms with E-state index in [-0.39, 0.29) is 23.8 Å². The second-order valence-electron chi connectivity index (χ2n) is 6.13. The molecule has 1 aliphatic heterocycles. The molecule has 116 valence electrons. The van der Waals surface area contributed by atoms with E-state index in [1.807, 2.05) is 18.7 Å². The molecule has 0 bridgehead atoms. The molecule has 0 radical (unpaired) electrons. The van der Waals surface area contributed by atoms with Crippen LogP contribution in [0, 0.1) is 5.92 Å². The molecule has 1 fully saturated rings. The number of hydrogen-bond donors (Lipinski definition) is 1. The maximum atomic E-state index is 12.4. The summed E-state index contributed by atoms with van der Waals surface area (Å²) in [5, 5.41) is 2.85. The zero-order valence-electron chi connectivity index (χ0n) is 13.3. The Bertz CT molecular complexity index is 316. The van der Waals surface area contributed by atoms with Crippen LogP contribution >= 0.6 is 0 Å². The fourth-order valence-electron chi connectivity index (χ4n) is 2.61. The molecule has 0 saturated carbocycles. The highest BCUT2D eigenvalue weighted by Gasteiger charge is 2.31. The highest BCUT2D eigenvalue weighted by atomic mass is 16.2. The SMILES string of the molecule is CCCCCCCCN1CCC(=O)NC(C(C)C)C1=O. The van der Waals surface area contributed by atoms with Crippen LogP contribution in [0.4, 0.5) is 0 Å². The van der Waals surface area contributed by atoms with Crippen molar-refractivity contribution in [2.24, 2.45) is 5.92 Å². The van der Waals surface area contributed by atoms with Gasteiger partial charge in [0.15, 0.2) is 0 Å². The zero-order valence-corrected chi connectivity index (χ0v) is 13.3. The van der Waals surface area contributed by atoms with Crippen LogP contribution in [-0.4, -0.2) is 35.8 Å². The normalized spacial score (nSPS) is 20.2. The predicted octanol–water partition coefficient (Wildman–Crippen LogP) is 2.72. The van der Waals surface area contributed by atoms with Gasteiger partial charge in [0.25, 0.3) is 0 Å². The van der Waals surface area contributed by atoms with Crippen molar-refractivity contribution in [3.05, 3.63) is 0 Å². The Balaban J connectivity index is 2.39. The average Bonchev–Trinajstić information content (AvgIpc) is 2.55. The summed E-state index contributed by atoms with van der Waals surface area (Å²) in [5.41, 5.74) is 0. The van der Waals surface area contributed by atoms with E-state index in [4.69, 9.17) is 0 Å². The molecule has 1 heterocycles. The van der Waals surface area contributed by atoms with Crippen LogP contribution < -0.4 is 5.32 Å². The second-order valence-corrected chi connectivity index (χ2v) is 6.13. The number of nitrogens with zero attached hydrogens (tertiary/aromatic N) is 1. The number of carbonyl (C=O) groups is 2. The van der Waals surface area contributed by atoms with Crippen LogP contribution in [0.2, 0.25) is 0 Å². The van der Waals surface area contributed by atoms with Crippen molar-refractivity contribution in [3.8, 4) is 0 Å². The molecule has 1 aliphatic rings. The molecule has 1 saturated heterocycles. The molecule has 1 N–H and O–H groups in total. The van der Waals surface area contributed by atoms with Gasteiger partial charge < -0.3 is 10.2 Å². The lowest BCUT2D eigenvalue weighted by Gasteiger charge is -2.26. The molecule has 4 nitrogen and oxygen atoms in total. The van der Waals surface area contributed by atoms with Crippen molar-refractivity contribution in [2.45, 2.75) is 71.8 Å². The topological polar surface area (TPSA) is 49.4 Å². The monoisotopic (exact) mass is 282 g/mol. The Morgan fingerprint density at radius 3 is 2.45 bits per heavy atom. The van der Waals surface area contributed by atoms with E-state index in [2.05, 4.69) is 12.2 Å². The molecule has 1 unspecified atom stereocenters. The Labute approximate surface area is 123 Å². The van der Waals surface area contributed by atoms with E-state index in [0.29, 0.717) is 13.0 Å². The first-order valence-electron chi connectivity index (χ1n) is 8.14. The summed E-state index contributed by atoms with van der Waals surface area (Å²) in [6, 6.07) is -0.343. The molecule has 0 spiro atoms. The van der Waals surface area contributed by atoms with Gasteiger partial charge in [-0.05, 0) is 12.3 Å². The first kappa shape index (κ1) is 17.0. The molecular weight excluding hydrogens is 252 g/mol. The molecule has 0 aromatic carbocycles. The van der Waals surface area contributed by atoms with Gasteiger partial charge in [0.2, 0.25) is 11.8 Å². The highest BCUT2D eigenvalue weighted by molar-refractivity contribution is 5.90. The van der Waals surface area contributed by atoms with Gasteiger partial charge in [-0.1, -0.05) is 52.9 Å². The van der Waals surface area contributed by atoms with Gasteiger partial charge in [0.1, 0.15) is 6.04 Å². The lowest BCUT2D eigenvalue weighted by atomic mass is 10.0. The number of hydrogen-bond acceptors (Lipinski definition) is 2. The summed E-state index contributed by atoms with van der Waals surface area (Å²) in [6.45, 7) is 7.55. The molecule has 0 aliphatic carbocycles. The van der Waals surface area contributed by atoms with Crippen LogP contribution in [0.15, 0.2) is 0 Å². The molecule has 2 amide bonds. The van der Waals surface area contributed by atoms with Crippen molar-refractivity contribution in [3.63, 3.8) is 0 Å². The Kier molecular flexibility index (Phi) is 7.63. The third-order valence-corrected chi connectivity index (χ3v) is 3.95. The van der Waals surface area contributed by atoms with E-state index >= 15 is 0 Å². The Hall–Kier alpha value is -1.06. The van der Waals surface area contributed by atoms with Gasteiger partial charge in [-0.3, -0.25) is 9.59 Å². The molecule has 20 heavy (non-hydrogen) atoms. The third-order valence-electron chi connectivity index (χ3n) is 3.95. The molecule has 1 atom stereocenters. The van der Waals surface area contributed by atoms with Crippen molar-refractivity contribution < 1.29 is 9.59 Å². The fourth-order valence-corrected chi connectivity index (χ4v) is 2.61. The first-order chi connectivity index (χ1) is 9.56. The van der Waals surface area contributed by atoms with Crippen molar-refractivity contribution in [1.29, 1.82) is 0 Å². The number of nitrogens with one attached hydrogen (secondary N) is 1. The highest BCUT2D eigenvalue weighted by Crippen LogP contribution is 2.13. The van der Waals surface area contributed by atoms with Gasteiger partial charge in [0, 0.05) is 19.5 Å². The van der Waals surface area contributed by atoms with Crippen molar-refractivity contribution >= 4 is 11.8 Å². The quantitative estimate of drug-likeness (QED) is 0.696. The van der Waals surface area contributed by atoms with E-state index in [1.54, 1.807) is 0 Å². The molecule has 4 heteroatoms. The number of rotatable bonds is 8. The molecule has 1 rings (SSSR count). The van der Waals surface area contributed by atoms with E-state index in [1.165, 1.54) is 32.1 Å². The maximum Gasteiger partial charge on any atom is 0.245 e. The summed E-state index contributed by atoms with van der Waals surface area (Å²) >= 11 is 0. The number of amides is 2. The Morgan fingerprint density at radius 2 is 1.80 bits per heavy atom. The fraction of sp³-hybridized carbons (Fsp3) is 0.875. The van der Waals surface area contributed by atoms with Crippen molar-refractivity contribution in [2.75, 3.05) is 13.1 Å². The smallest absolute Gasteiger partial charge is 0.245 e. The minimum atomic E-state index is -0.343. The summed E-state index contributed by atoms with van der Waals surface area (Å²) in [7, 11) is 0. The van der Waals surface area contributed by atoms with E-state index < -0.39 is 0 Å². The van der Waals surface area contributed by atoms with Crippen LogP contribution in [0.5, 0.6) is 0 Å². The van der Waals surface area contributed by atoms with Crippen LogP contribution in [0.1, 0.15) is 65.7 Å². The molecular formula is C16H30N2O2. The minimum absolute atomic E-state index is 0.00231. The number of carbonyl (C=O) groups excluding carboxylic acids is 2. The van der Waals surface area contributed by atoms with Gasteiger partial charge >= 0.3 is 0 Å². The summed E-state index contributed by atoms with van der Waals surface area (Å²) in [4.78, 5) is 25.9. The van der Waals surface area contributed by atoms with Gasteiger partial charge in [-0.2, -0.15) is 0 Å². The average molecular weight is 282 g/mol. The zero-order chi connectivity index (χ0) is 15.0. The van der Waals surface area contributed by atoms with Gasteiger partial charge in [0.05, 0.1) is 0 Å². The number of unbranched alkanes of at least 4 members (excludes halogenated alkanes) is 5. The predicted molar refractivity (Wildman–Crippen MR) is 81.3 cm³/mol. The van der Waals surface area contributed by atoms with E-state index in [0.717, 1.165) is 13.0 Å². The van der Waals surface area contributed by atoms with Crippen LogP contribution in [0.25, 0.3) is 0 Å². The largest absolute Gasteiger partial charge is 0.344 e. The maximum absolute atomic E-state index is 12.4. The third kappa shape index (κ3) is 5.51. The summed E-state index contributed by atoms with van der Waals surface area (Å²) in [6.07, 6.45) is 7.77. The lowest BCUT2D eigenvalue weighted by molar-refractivity contribution is -0.134. The van der Waals surface area contributed by atoms with Crippen LogP contribution in [-0.2, 0) is 9.59 Å². The Morgan fingerprint density at radius 1 is 1.15 bits per heavy atom. The van der Waals surface area contributed by atoms with E-state index in [9.17, 15) is 9.59 Å². The summed E-state index contributed by atoms with van der Waals surface area (Å²) in [5.74, 6) is 0.249. The lowest BCUT2D eigenvalue weighted by Crippen LogP contribution is -2.47.